The van der Waals surface area contributed by atoms with Crippen LogP contribution in [0.15, 0.2) is 53.0 Å². The van der Waals surface area contributed by atoms with Crippen LogP contribution in [-0.2, 0) is 11.2 Å². The van der Waals surface area contributed by atoms with Crippen molar-refractivity contribution in [1.29, 1.82) is 0 Å². The minimum atomic E-state index is -0.884. The van der Waals surface area contributed by atoms with E-state index < -0.39 is 5.97 Å². The van der Waals surface area contributed by atoms with Gasteiger partial charge < -0.3 is 9.84 Å². The first-order chi connectivity index (χ1) is 11.1. The Morgan fingerprint density at radius 2 is 2.04 bits per heavy atom. The SMILES string of the molecule is COc1cccc(-c2nc3ccc(Br)cc3cc2CC(=O)O)c1. The van der Waals surface area contributed by atoms with Crippen LogP contribution in [0.5, 0.6) is 5.75 Å². The fourth-order valence-corrected chi connectivity index (χ4v) is 2.89. The van der Waals surface area contributed by atoms with Gasteiger partial charge in [-0.25, -0.2) is 4.98 Å². The third-order valence-electron chi connectivity index (χ3n) is 3.54. The number of hydrogen-bond donors (Lipinski definition) is 1. The molecule has 116 valence electrons. The zero-order valence-electron chi connectivity index (χ0n) is 12.4. The number of aromatic nitrogens is 1. The second-order valence-electron chi connectivity index (χ2n) is 5.14. The fourth-order valence-electron chi connectivity index (χ4n) is 2.51. The second kappa shape index (κ2) is 6.38. The normalized spacial score (nSPS) is 10.7. The number of benzene rings is 2. The van der Waals surface area contributed by atoms with E-state index >= 15 is 0 Å². The summed E-state index contributed by atoms with van der Waals surface area (Å²) in [4.78, 5) is 15.9. The molecule has 0 unspecified atom stereocenters. The molecule has 0 aliphatic rings. The molecule has 0 bridgehead atoms. The van der Waals surface area contributed by atoms with Crippen LogP contribution in [0.4, 0.5) is 0 Å². The van der Waals surface area contributed by atoms with Gasteiger partial charge in [0.25, 0.3) is 0 Å². The van der Waals surface area contributed by atoms with Crippen LogP contribution in [0, 0.1) is 0 Å². The highest BCUT2D eigenvalue weighted by atomic mass is 79.9. The molecule has 3 aromatic rings. The van der Waals surface area contributed by atoms with Crippen molar-refractivity contribution in [3.05, 3.63) is 58.6 Å². The lowest BCUT2D eigenvalue weighted by atomic mass is 10.0. The molecule has 23 heavy (non-hydrogen) atoms. The molecule has 1 aromatic heterocycles. The predicted molar refractivity (Wildman–Crippen MR) is 92.8 cm³/mol. The van der Waals surface area contributed by atoms with Crippen LogP contribution < -0.4 is 4.74 Å². The lowest BCUT2D eigenvalue weighted by Crippen LogP contribution is -2.03. The van der Waals surface area contributed by atoms with Crippen molar-refractivity contribution in [3.63, 3.8) is 0 Å². The molecule has 1 heterocycles. The average Bonchev–Trinajstić information content (AvgIpc) is 2.53. The van der Waals surface area contributed by atoms with Crippen LogP contribution in [0.1, 0.15) is 5.56 Å². The summed E-state index contributed by atoms with van der Waals surface area (Å²) in [5.41, 5.74) is 3.00. The second-order valence-corrected chi connectivity index (χ2v) is 6.05. The van der Waals surface area contributed by atoms with E-state index in [1.54, 1.807) is 7.11 Å². The summed E-state index contributed by atoms with van der Waals surface area (Å²) in [5.74, 6) is -0.174. The zero-order valence-corrected chi connectivity index (χ0v) is 14.0. The highest BCUT2D eigenvalue weighted by molar-refractivity contribution is 9.10. The van der Waals surface area contributed by atoms with E-state index in [9.17, 15) is 9.90 Å². The molecule has 0 fully saturated rings. The number of rotatable bonds is 4. The monoisotopic (exact) mass is 371 g/mol. The Morgan fingerprint density at radius 3 is 2.78 bits per heavy atom. The Morgan fingerprint density at radius 1 is 1.22 bits per heavy atom. The summed E-state index contributed by atoms with van der Waals surface area (Å²) in [6.07, 6.45) is -0.0814. The van der Waals surface area contributed by atoms with Gasteiger partial charge in [-0.15, -0.1) is 0 Å². The van der Waals surface area contributed by atoms with Gasteiger partial charge in [0.1, 0.15) is 5.75 Å². The number of ether oxygens (including phenoxy) is 1. The molecular weight excluding hydrogens is 358 g/mol. The summed E-state index contributed by atoms with van der Waals surface area (Å²) in [7, 11) is 1.60. The molecule has 5 heteroatoms. The van der Waals surface area contributed by atoms with Gasteiger partial charge in [0.05, 0.1) is 24.7 Å². The smallest absolute Gasteiger partial charge is 0.307 e. The first-order valence-electron chi connectivity index (χ1n) is 7.02. The number of halogens is 1. The molecule has 0 saturated carbocycles. The molecule has 0 spiro atoms. The van der Waals surface area contributed by atoms with E-state index in [4.69, 9.17) is 4.74 Å². The van der Waals surface area contributed by atoms with E-state index in [1.807, 2.05) is 48.5 Å². The molecule has 0 radical (unpaired) electrons. The van der Waals surface area contributed by atoms with Crippen LogP contribution in [0.2, 0.25) is 0 Å². The maximum atomic E-state index is 11.2. The van der Waals surface area contributed by atoms with Crippen LogP contribution in [-0.4, -0.2) is 23.2 Å². The molecule has 3 rings (SSSR count). The fraction of sp³-hybridized carbons (Fsp3) is 0.111. The van der Waals surface area contributed by atoms with Crippen LogP contribution in [0.3, 0.4) is 0 Å². The van der Waals surface area contributed by atoms with E-state index in [1.165, 1.54) is 0 Å². The average molecular weight is 372 g/mol. The quantitative estimate of drug-likeness (QED) is 0.742. The predicted octanol–water partition coefficient (Wildman–Crippen LogP) is 4.30. The first kappa shape index (κ1) is 15.5. The van der Waals surface area contributed by atoms with Crippen molar-refractivity contribution < 1.29 is 14.6 Å². The molecule has 4 nitrogen and oxygen atoms in total. The van der Waals surface area contributed by atoms with Crippen molar-refractivity contribution in [2.75, 3.05) is 7.11 Å². The maximum absolute atomic E-state index is 11.2. The van der Waals surface area contributed by atoms with E-state index in [0.29, 0.717) is 17.0 Å². The van der Waals surface area contributed by atoms with Crippen molar-refractivity contribution in [1.82, 2.24) is 4.98 Å². The van der Waals surface area contributed by atoms with Gasteiger partial charge in [0.2, 0.25) is 0 Å². The zero-order chi connectivity index (χ0) is 16.4. The van der Waals surface area contributed by atoms with Gasteiger partial charge in [-0.1, -0.05) is 28.1 Å². The van der Waals surface area contributed by atoms with Gasteiger partial charge in [-0.2, -0.15) is 0 Å². The van der Waals surface area contributed by atoms with Crippen molar-refractivity contribution in [3.8, 4) is 17.0 Å². The lowest BCUT2D eigenvalue weighted by Gasteiger charge is -2.11. The Hall–Kier alpha value is -2.40. The van der Waals surface area contributed by atoms with E-state index in [2.05, 4.69) is 20.9 Å². The number of carboxylic acids is 1. The minimum absolute atomic E-state index is 0.0814. The Balaban J connectivity index is 2.23. The van der Waals surface area contributed by atoms with Crippen LogP contribution in [0.25, 0.3) is 22.2 Å². The summed E-state index contributed by atoms with van der Waals surface area (Å²) in [6, 6.07) is 15.1. The summed E-state index contributed by atoms with van der Waals surface area (Å²) < 4.78 is 6.18. The third kappa shape index (κ3) is 3.35. The molecule has 0 saturated heterocycles. The molecule has 0 aliphatic carbocycles. The van der Waals surface area contributed by atoms with Gasteiger partial charge in [-0.3, -0.25) is 4.79 Å². The third-order valence-corrected chi connectivity index (χ3v) is 4.03. The number of aliphatic carboxylic acids is 1. The van der Waals surface area contributed by atoms with Crippen LogP contribution >= 0.6 is 15.9 Å². The number of carbonyl (C=O) groups is 1. The number of hydrogen-bond acceptors (Lipinski definition) is 3. The van der Waals surface area contributed by atoms with Crippen molar-refractivity contribution >= 4 is 32.8 Å². The molecular formula is C18H14BrNO3. The largest absolute Gasteiger partial charge is 0.497 e. The topological polar surface area (TPSA) is 59.4 Å². The van der Waals surface area contributed by atoms with Gasteiger partial charge in [0, 0.05) is 15.4 Å². The van der Waals surface area contributed by atoms with Gasteiger partial charge >= 0.3 is 5.97 Å². The molecule has 2 aromatic carbocycles. The minimum Gasteiger partial charge on any atom is -0.497 e. The number of pyridine rings is 1. The number of nitrogens with zero attached hydrogens (tertiary/aromatic N) is 1. The first-order valence-corrected chi connectivity index (χ1v) is 7.81. The summed E-state index contributed by atoms with van der Waals surface area (Å²) >= 11 is 3.43. The number of methoxy groups -OCH3 is 1. The molecule has 1 N–H and O–H groups in total. The van der Waals surface area contributed by atoms with Gasteiger partial charge in [0.15, 0.2) is 0 Å². The highest BCUT2D eigenvalue weighted by Crippen LogP contribution is 2.29. The molecule has 0 amide bonds. The maximum Gasteiger partial charge on any atom is 0.307 e. The number of fused-ring (bicyclic) bond motifs is 1. The molecule has 0 atom stereocenters. The highest BCUT2D eigenvalue weighted by Gasteiger charge is 2.13. The Bertz CT molecular complexity index is 893. The van der Waals surface area contributed by atoms with Gasteiger partial charge in [-0.05, 0) is 42.0 Å². The Labute approximate surface area is 141 Å². The lowest BCUT2D eigenvalue weighted by molar-refractivity contribution is -0.136. The number of carboxylic acid groups (broad SMARTS) is 1. The standard InChI is InChI=1S/C18H14BrNO3/c1-23-15-4-2-3-11(9-15)18-13(10-17(21)22)7-12-8-14(19)5-6-16(12)20-18/h2-9H,10H2,1H3,(H,21,22). The van der Waals surface area contributed by atoms with E-state index in [-0.39, 0.29) is 6.42 Å². The Kier molecular flexibility index (Phi) is 4.30. The summed E-state index contributed by atoms with van der Waals surface area (Å²) in [6.45, 7) is 0. The van der Waals surface area contributed by atoms with Crippen molar-refractivity contribution in [2.24, 2.45) is 0 Å². The van der Waals surface area contributed by atoms with Crippen molar-refractivity contribution in [2.45, 2.75) is 6.42 Å². The molecule has 0 aliphatic heterocycles. The summed E-state index contributed by atoms with van der Waals surface area (Å²) in [5, 5.41) is 10.1. The van der Waals surface area contributed by atoms with E-state index in [0.717, 1.165) is 20.9 Å².